The maximum absolute atomic E-state index is 10.8. The summed E-state index contributed by atoms with van der Waals surface area (Å²) in [5.74, 6) is -0.509. The van der Waals surface area contributed by atoms with Crippen molar-refractivity contribution in [2.75, 3.05) is 5.88 Å². The average Bonchev–Trinajstić information content (AvgIpc) is 2.25. The number of carboxylic acids is 1. The normalized spacial score (nSPS) is 12.3. The second-order valence-corrected chi connectivity index (χ2v) is 3.61. The molecule has 1 unspecified atom stereocenters. The van der Waals surface area contributed by atoms with Crippen molar-refractivity contribution < 1.29 is 9.90 Å². The van der Waals surface area contributed by atoms with E-state index in [4.69, 9.17) is 16.7 Å². The lowest BCUT2D eigenvalue weighted by molar-refractivity contribution is -0.139. The van der Waals surface area contributed by atoms with Crippen molar-refractivity contribution >= 4 is 17.6 Å². The molecule has 0 bridgehead atoms. The van der Waals surface area contributed by atoms with Crippen LogP contribution in [0, 0.1) is 0 Å². The van der Waals surface area contributed by atoms with Crippen LogP contribution in [0.4, 0.5) is 0 Å². The Labute approximate surface area is 94.1 Å². The summed E-state index contributed by atoms with van der Waals surface area (Å²) >= 11 is 5.52. The minimum Gasteiger partial charge on any atom is -0.480 e. The summed E-state index contributed by atoms with van der Waals surface area (Å²) < 4.78 is 0. The highest BCUT2D eigenvalue weighted by atomic mass is 35.5. The first-order valence-corrected chi connectivity index (χ1v) is 5.33. The van der Waals surface area contributed by atoms with Crippen LogP contribution in [0.2, 0.25) is 0 Å². The standard InChI is InChI=1S/C11H14ClNO2/c12-7-6-10(11(14)15)13-8-9-4-2-1-3-5-9/h1-5,10,13H,6-8H2,(H,14,15). The number of hydrogen-bond acceptors (Lipinski definition) is 2. The molecule has 0 aromatic heterocycles. The van der Waals surface area contributed by atoms with Gasteiger partial charge in [-0.25, -0.2) is 0 Å². The molecule has 0 aliphatic carbocycles. The lowest BCUT2D eigenvalue weighted by Gasteiger charge is -2.12. The van der Waals surface area contributed by atoms with Crippen LogP contribution in [0.1, 0.15) is 12.0 Å². The fraction of sp³-hybridized carbons (Fsp3) is 0.364. The second-order valence-electron chi connectivity index (χ2n) is 3.23. The fourth-order valence-corrected chi connectivity index (χ4v) is 1.48. The minimum atomic E-state index is -0.855. The number of benzene rings is 1. The molecule has 3 nitrogen and oxygen atoms in total. The van der Waals surface area contributed by atoms with Crippen LogP contribution < -0.4 is 5.32 Å². The molecule has 0 radical (unpaired) electrons. The van der Waals surface area contributed by atoms with E-state index in [0.717, 1.165) is 5.56 Å². The van der Waals surface area contributed by atoms with E-state index in [1.54, 1.807) is 0 Å². The Morgan fingerprint density at radius 2 is 2.07 bits per heavy atom. The van der Waals surface area contributed by atoms with E-state index >= 15 is 0 Å². The van der Waals surface area contributed by atoms with Crippen molar-refractivity contribution in [3.05, 3.63) is 35.9 Å². The van der Waals surface area contributed by atoms with Gasteiger partial charge in [-0.1, -0.05) is 30.3 Å². The zero-order valence-corrected chi connectivity index (χ0v) is 9.07. The maximum Gasteiger partial charge on any atom is 0.320 e. The summed E-state index contributed by atoms with van der Waals surface area (Å²) in [7, 11) is 0. The van der Waals surface area contributed by atoms with E-state index < -0.39 is 12.0 Å². The van der Waals surface area contributed by atoms with E-state index in [0.29, 0.717) is 18.8 Å². The smallest absolute Gasteiger partial charge is 0.320 e. The summed E-state index contributed by atoms with van der Waals surface area (Å²) in [5.41, 5.74) is 1.07. The highest BCUT2D eigenvalue weighted by Gasteiger charge is 2.15. The highest BCUT2D eigenvalue weighted by molar-refractivity contribution is 6.18. The zero-order valence-electron chi connectivity index (χ0n) is 8.32. The largest absolute Gasteiger partial charge is 0.480 e. The SMILES string of the molecule is O=C(O)C(CCCl)NCc1ccccc1. The Morgan fingerprint density at radius 1 is 1.40 bits per heavy atom. The van der Waals surface area contributed by atoms with Crippen LogP contribution in [0.3, 0.4) is 0 Å². The van der Waals surface area contributed by atoms with Crippen molar-refractivity contribution in [1.29, 1.82) is 0 Å². The molecular weight excluding hydrogens is 214 g/mol. The van der Waals surface area contributed by atoms with Crippen molar-refractivity contribution in [2.45, 2.75) is 19.0 Å². The number of rotatable bonds is 6. The number of aliphatic carboxylic acids is 1. The van der Waals surface area contributed by atoms with Gasteiger partial charge in [0.15, 0.2) is 0 Å². The lowest BCUT2D eigenvalue weighted by atomic mass is 10.2. The third-order valence-electron chi connectivity index (χ3n) is 2.09. The van der Waals surface area contributed by atoms with E-state index in [-0.39, 0.29) is 0 Å². The monoisotopic (exact) mass is 227 g/mol. The molecule has 1 aromatic rings. The van der Waals surface area contributed by atoms with Crippen molar-refractivity contribution in [1.82, 2.24) is 5.32 Å². The Morgan fingerprint density at radius 3 is 2.60 bits per heavy atom. The van der Waals surface area contributed by atoms with Crippen LogP contribution >= 0.6 is 11.6 Å². The van der Waals surface area contributed by atoms with Gasteiger partial charge in [-0.2, -0.15) is 0 Å². The Bertz CT molecular complexity index is 303. The maximum atomic E-state index is 10.8. The van der Waals surface area contributed by atoms with Crippen molar-refractivity contribution in [2.24, 2.45) is 0 Å². The Balaban J connectivity index is 2.43. The van der Waals surface area contributed by atoms with E-state index in [1.807, 2.05) is 30.3 Å². The van der Waals surface area contributed by atoms with Gasteiger partial charge in [0, 0.05) is 12.4 Å². The Kier molecular flexibility index (Phi) is 5.15. The Hall–Kier alpha value is -1.06. The van der Waals surface area contributed by atoms with Gasteiger partial charge < -0.3 is 10.4 Å². The van der Waals surface area contributed by atoms with E-state index in [9.17, 15) is 4.79 Å². The second kappa shape index (κ2) is 6.43. The summed E-state index contributed by atoms with van der Waals surface area (Å²) in [6.45, 7) is 0.550. The van der Waals surface area contributed by atoms with Crippen LogP contribution in [0.15, 0.2) is 30.3 Å². The molecule has 0 amide bonds. The van der Waals surface area contributed by atoms with Crippen LogP contribution in [-0.2, 0) is 11.3 Å². The topological polar surface area (TPSA) is 49.3 Å². The molecule has 0 heterocycles. The van der Waals surface area contributed by atoms with Gasteiger partial charge in [0.1, 0.15) is 6.04 Å². The van der Waals surface area contributed by atoms with Crippen molar-refractivity contribution in [3.63, 3.8) is 0 Å². The number of alkyl halides is 1. The van der Waals surface area contributed by atoms with Gasteiger partial charge in [0.2, 0.25) is 0 Å². The molecule has 0 spiro atoms. The number of nitrogens with one attached hydrogen (secondary N) is 1. The number of hydrogen-bond donors (Lipinski definition) is 2. The number of halogens is 1. The fourth-order valence-electron chi connectivity index (χ4n) is 1.26. The summed E-state index contributed by atoms with van der Waals surface area (Å²) in [6, 6.07) is 9.11. The van der Waals surface area contributed by atoms with Gasteiger partial charge in [-0.3, -0.25) is 4.79 Å². The molecule has 0 aliphatic heterocycles. The first-order chi connectivity index (χ1) is 7.24. The van der Waals surface area contributed by atoms with E-state index in [2.05, 4.69) is 5.32 Å². The third kappa shape index (κ3) is 4.32. The van der Waals surface area contributed by atoms with Crippen LogP contribution in [0.25, 0.3) is 0 Å². The molecule has 0 saturated carbocycles. The van der Waals surface area contributed by atoms with Gasteiger partial charge in [0.25, 0.3) is 0 Å². The third-order valence-corrected chi connectivity index (χ3v) is 2.31. The zero-order chi connectivity index (χ0) is 11.1. The molecule has 15 heavy (non-hydrogen) atoms. The molecule has 0 aliphatic rings. The number of carboxylic acid groups (broad SMARTS) is 1. The van der Waals surface area contributed by atoms with E-state index in [1.165, 1.54) is 0 Å². The molecule has 0 saturated heterocycles. The van der Waals surface area contributed by atoms with Crippen LogP contribution in [-0.4, -0.2) is 23.0 Å². The molecule has 4 heteroatoms. The summed E-state index contributed by atoms with van der Waals surface area (Å²) in [4.78, 5) is 10.8. The van der Waals surface area contributed by atoms with Gasteiger partial charge in [0.05, 0.1) is 0 Å². The van der Waals surface area contributed by atoms with Crippen molar-refractivity contribution in [3.8, 4) is 0 Å². The lowest BCUT2D eigenvalue weighted by Crippen LogP contribution is -2.36. The summed E-state index contributed by atoms with van der Waals surface area (Å²) in [5, 5.41) is 11.8. The average molecular weight is 228 g/mol. The number of carbonyl (C=O) groups is 1. The van der Waals surface area contributed by atoms with Gasteiger partial charge in [-0.05, 0) is 12.0 Å². The molecule has 0 fully saturated rings. The minimum absolute atomic E-state index is 0.346. The first-order valence-electron chi connectivity index (χ1n) is 4.80. The predicted molar refractivity (Wildman–Crippen MR) is 60.0 cm³/mol. The van der Waals surface area contributed by atoms with Gasteiger partial charge >= 0.3 is 5.97 Å². The summed E-state index contributed by atoms with van der Waals surface area (Å²) in [6.07, 6.45) is 0.434. The molecule has 1 rings (SSSR count). The van der Waals surface area contributed by atoms with Crippen LogP contribution in [0.5, 0.6) is 0 Å². The molecule has 1 aromatic carbocycles. The molecule has 82 valence electrons. The molecule has 1 atom stereocenters. The highest BCUT2D eigenvalue weighted by Crippen LogP contribution is 2.01. The predicted octanol–water partition coefficient (Wildman–Crippen LogP) is 1.86. The quantitative estimate of drug-likeness (QED) is 0.730. The van der Waals surface area contributed by atoms with Gasteiger partial charge in [-0.15, -0.1) is 11.6 Å². The first kappa shape index (κ1) is 12.0. The molecule has 2 N–H and O–H groups in total. The molecular formula is C11H14ClNO2.